The number of benzene rings is 1. The van der Waals surface area contributed by atoms with Gasteiger partial charge in [-0.2, -0.15) is 0 Å². The molecule has 126 valence electrons. The van der Waals surface area contributed by atoms with Crippen molar-refractivity contribution in [3.8, 4) is 0 Å². The average molecular weight is 347 g/mol. The molecule has 1 heterocycles. The van der Waals surface area contributed by atoms with E-state index in [1.807, 2.05) is 0 Å². The summed E-state index contributed by atoms with van der Waals surface area (Å²) in [5, 5.41) is 3.16. The van der Waals surface area contributed by atoms with Crippen molar-refractivity contribution in [2.24, 2.45) is 0 Å². The molecule has 0 aliphatic carbocycles. The second kappa shape index (κ2) is 8.36. The van der Waals surface area contributed by atoms with Gasteiger partial charge in [0.25, 0.3) is 5.91 Å². The largest absolute Gasteiger partial charge is 0.467 e. The van der Waals surface area contributed by atoms with E-state index >= 15 is 0 Å². The molecule has 0 atom stereocenters. The molecular weight excluding hydrogens is 328 g/mol. The Morgan fingerprint density at radius 3 is 2.79 bits per heavy atom. The Morgan fingerprint density at radius 1 is 1.38 bits per heavy atom. The molecule has 0 saturated carbocycles. The summed E-state index contributed by atoms with van der Waals surface area (Å²) in [6.07, 6.45) is 3.51. The molecule has 0 bridgehead atoms. The smallest absolute Gasteiger partial charge is 0.256 e. The fraction of sp³-hybridized carbons (Fsp3) is 0.222. The quantitative estimate of drug-likeness (QED) is 0.767. The molecule has 0 aliphatic heterocycles. The van der Waals surface area contributed by atoms with Crippen molar-refractivity contribution in [1.29, 1.82) is 0 Å². The first-order valence-corrected chi connectivity index (χ1v) is 7.95. The molecule has 5 nitrogen and oxygen atoms in total. The predicted molar refractivity (Wildman–Crippen MR) is 94.0 cm³/mol. The first-order chi connectivity index (χ1) is 11.5. The summed E-state index contributed by atoms with van der Waals surface area (Å²) in [4.78, 5) is 26.2. The fourth-order valence-corrected chi connectivity index (χ4v) is 2.35. The lowest BCUT2D eigenvalue weighted by Gasteiger charge is -2.21. The predicted octanol–water partition coefficient (Wildman–Crippen LogP) is 4.11. The maximum atomic E-state index is 12.9. The van der Waals surface area contributed by atoms with Gasteiger partial charge in [0.2, 0.25) is 5.91 Å². The molecular formula is C18H19ClN2O3. The number of nitrogens with one attached hydrogen (secondary N) is 1. The molecule has 1 aromatic carbocycles. The highest BCUT2D eigenvalue weighted by atomic mass is 35.5. The van der Waals surface area contributed by atoms with Gasteiger partial charge in [0, 0.05) is 18.0 Å². The molecule has 0 fully saturated rings. The zero-order valence-electron chi connectivity index (χ0n) is 13.4. The van der Waals surface area contributed by atoms with Crippen LogP contribution in [0.4, 0.5) is 5.69 Å². The van der Waals surface area contributed by atoms with Gasteiger partial charge in [0.15, 0.2) is 0 Å². The van der Waals surface area contributed by atoms with E-state index in [0.29, 0.717) is 41.5 Å². The van der Waals surface area contributed by atoms with Crippen molar-refractivity contribution < 1.29 is 14.0 Å². The van der Waals surface area contributed by atoms with E-state index in [1.54, 1.807) is 54.5 Å². The summed E-state index contributed by atoms with van der Waals surface area (Å²) < 4.78 is 5.31. The van der Waals surface area contributed by atoms with E-state index in [2.05, 4.69) is 11.9 Å². The minimum absolute atomic E-state index is 0.187. The topological polar surface area (TPSA) is 62.6 Å². The molecule has 2 amide bonds. The Balaban J connectivity index is 2.31. The highest BCUT2D eigenvalue weighted by Crippen LogP contribution is 2.23. The molecule has 1 aromatic heterocycles. The second-order valence-electron chi connectivity index (χ2n) is 5.15. The minimum atomic E-state index is -0.241. The summed E-state index contributed by atoms with van der Waals surface area (Å²) in [7, 11) is 0. The number of hydrogen-bond acceptors (Lipinski definition) is 3. The van der Waals surface area contributed by atoms with Crippen LogP contribution in [0.2, 0.25) is 5.02 Å². The van der Waals surface area contributed by atoms with Gasteiger partial charge < -0.3 is 14.6 Å². The van der Waals surface area contributed by atoms with E-state index in [4.69, 9.17) is 16.0 Å². The lowest BCUT2D eigenvalue weighted by atomic mass is 10.1. The second-order valence-corrected chi connectivity index (χ2v) is 5.58. The van der Waals surface area contributed by atoms with Crippen LogP contribution in [0.1, 0.15) is 29.5 Å². The third-order valence-corrected chi connectivity index (χ3v) is 3.61. The number of carbonyl (C=O) groups is 2. The molecule has 0 spiro atoms. The highest BCUT2D eigenvalue weighted by molar-refractivity contribution is 6.31. The Morgan fingerprint density at radius 2 is 2.17 bits per heavy atom. The standard InChI is InChI=1S/C18H19ClN2O3/c1-3-9-21(12-14-6-5-10-24-14)18(23)15-8-7-13(19)11-16(15)20-17(22)4-2/h3,5-8,10-11H,1,4,9,12H2,2H3,(H,20,22). The number of furan rings is 1. The van der Waals surface area contributed by atoms with Gasteiger partial charge in [-0.05, 0) is 30.3 Å². The molecule has 0 aliphatic rings. The number of rotatable bonds is 7. The van der Waals surface area contributed by atoms with Crippen LogP contribution in [0.5, 0.6) is 0 Å². The van der Waals surface area contributed by atoms with Gasteiger partial charge >= 0.3 is 0 Å². The average Bonchev–Trinajstić information content (AvgIpc) is 3.07. The lowest BCUT2D eigenvalue weighted by Crippen LogP contribution is -2.31. The van der Waals surface area contributed by atoms with Gasteiger partial charge in [-0.1, -0.05) is 24.6 Å². The maximum Gasteiger partial charge on any atom is 0.256 e. The van der Waals surface area contributed by atoms with E-state index in [9.17, 15) is 9.59 Å². The van der Waals surface area contributed by atoms with Crippen molar-refractivity contribution >= 4 is 29.1 Å². The lowest BCUT2D eigenvalue weighted by molar-refractivity contribution is -0.115. The molecule has 2 rings (SSSR count). The van der Waals surface area contributed by atoms with Gasteiger partial charge in [-0.15, -0.1) is 6.58 Å². The molecule has 0 saturated heterocycles. The Labute approximate surface area is 145 Å². The van der Waals surface area contributed by atoms with E-state index < -0.39 is 0 Å². The third-order valence-electron chi connectivity index (χ3n) is 3.37. The molecule has 0 unspecified atom stereocenters. The van der Waals surface area contributed by atoms with Crippen LogP contribution >= 0.6 is 11.6 Å². The molecule has 0 radical (unpaired) electrons. The fourth-order valence-electron chi connectivity index (χ4n) is 2.18. The van der Waals surface area contributed by atoms with E-state index in [1.165, 1.54) is 0 Å². The van der Waals surface area contributed by atoms with Crippen LogP contribution in [0.3, 0.4) is 0 Å². The van der Waals surface area contributed by atoms with Crippen LogP contribution in [0, 0.1) is 0 Å². The number of hydrogen-bond donors (Lipinski definition) is 1. The summed E-state index contributed by atoms with van der Waals surface area (Å²) in [6, 6.07) is 8.36. The first-order valence-electron chi connectivity index (χ1n) is 7.57. The van der Waals surface area contributed by atoms with Crippen LogP contribution < -0.4 is 5.32 Å². The Hall–Kier alpha value is -2.53. The van der Waals surface area contributed by atoms with E-state index in [-0.39, 0.29) is 11.8 Å². The monoisotopic (exact) mass is 346 g/mol. The normalized spacial score (nSPS) is 10.2. The number of nitrogens with zero attached hydrogens (tertiary/aromatic N) is 1. The summed E-state index contributed by atoms with van der Waals surface area (Å²) in [5.74, 6) is 0.236. The van der Waals surface area contributed by atoms with Crippen LogP contribution in [0.15, 0.2) is 53.7 Å². The third kappa shape index (κ3) is 4.49. The molecule has 6 heteroatoms. The highest BCUT2D eigenvalue weighted by Gasteiger charge is 2.20. The van der Waals surface area contributed by atoms with Crippen molar-refractivity contribution in [3.05, 3.63) is 65.6 Å². The number of anilines is 1. The van der Waals surface area contributed by atoms with Crippen LogP contribution in [-0.2, 0) is 11.3 Å². The minimum Gasteiger partial charge on any atom is -0.467 e. The van der Waals surface area contributed by atoms with Crippen molar-refractivity contribution in [2.75, 3.05) is 11.9 Å². The van der Waals surface area contributed by atoms with Crippen LogP contribution in [0.25, 0.3) is 0 Å². The summed E-state index contributed by atoms with van der Waals surface area (Å²) in [6.45, 7) is 6.08. The maximum absolute atomic E-state index is 12.9. The SMILES string of the molecule is C=CCN(Cc1ccco1)C(=O)c1ccc(Cl)cc1NC(=O)CC. The zero-order chi connectivity index (χ0) is 17.5. The summed E-state index contributed by atoms with van der Waals surface area (Å²) in [5.41, 5.74) is 0.766. The first kappa shape index (κ1) is 17.8. The Bertz CT molecular complexity index is 726. The van der Waals surface area contributed by atoms with Crippen molar-refractivity contribution in [2.45, 2.75) is 19.9 Å². The van der Waals surface area contributed by atoms with Crippen molar-refractivity contribution in [3.63, 3.8) is 0 Å². The molecule has 24 heavy (non-hydrogen) atoms. The van der Waals surface area contributed by atoms with Crippen LogP contribution in [-0.4, -0.2) is 23.3 Å². The van der Waals surface area contributed by atoms with E-state index in [0.717, 1.165) is 0 Å². The molecule has 2 aromatic rings. The van der Waals surface area contributed by atoms with Gasteiger partial charge in [0.05, 0.1) is 24.1 Å². The van der Waals surface area contributed by atoms with Gasteiger partial charge in [-0.3, -0.25) is 9.59 Å². The number of halogens is 1. The van der Waals surface area contributed by atoms with Gasteiger partial charge in [-0.25, -0.2) is 0 Å². The van der Waals surface area contributed by atoms with Crippen molar-refractivity contribution in [1.82, 2.24) is 4.90 Å². The number of carbonyl (C=O) groups excluding carboxylic acids is 2. The zero-order valence-corrected chi connectivity index (χ0v) is 14.2. The van der Waals surface area contributed by atoms with Gasteiger partial charge in [0.1, 0.15) is 5.76 Å². The summed E-state index contributed by atoms with van der Waals surface area (Å²) >= 11 is 6.00. The number of amides is 2. The Kier molecular flexibility index (Phi) is 6.21. The molecule has 1 N–H and O–H groups in total.